The summed E-state index contributed by atoms with van der Waals surface area (Å²) in [5.74, 6) is 1.82. The largest absolute Gasteiger partial charge is 0.497 e. The van der Waals surface area contributed by atoms with Crippen molar-refractivity contribution in [2.45, 2.75) is 6.92 Å². The van der Waals surface area contributed by atoms with Crippen LogP contribution < -0.4 is 14.8 Å². The van der Waals surface area contributed by atoms with E-state index >= 15 is 0 Å². The summed E-state index contributed by atoms with van der Waals surface area (Å²) in [5.41, 5.74) is 2.14. The molecule has 0 fully saturated rings. The molecule has 1 aliphatic rings. The minimum Gasteiger partial charge on any atom is -0.497 e. The fourth-order valence-electron chi connectivity index (χ4n) is 1.52. The molecule has 1 heterocycles. The average Bonchev–Trinajstić information content (AvgIpc) is 2.18. The number of anilines is 1. The maximum absolute atomic E-state index is 5.54. The van der Waals surface area contributed by atoms with Crippen molar-refractivity contribution in [3.05, 3.63) is 17.7 Å². The summed E-state index contributed by atoms with van der Waals surface area (Å²) in [6.45, 7) is 3.62. The van der Waals surface area contributed by atoms with E-state index in [1.165, 1.54) is 0 Å². The first kappa shape index (κ1) is 8.23. The normalized spacial score (nSPS) is 14.0. The molecule has 2 rings (SSSR count). The van der Waals surface area contributed by atoms with E-state index < -0.39 is 0 Å². The van der Waals surface area contributed by atoms with Crippen LogP contribution in [0.1, 0.15) is 5.56 Å². The number of methoxy groups -OCH3 is 1. The van der Waals surface area contributed by atoms with E-state index in [1.807, 2.05) is 19.1 Å². The van der Waals surface area contributed by atoms with Crippen molar-refractivity contribution in [2.24, 2.45) is 0 Å². The summed E-state index contributed by atoms with van der Waals surface area (Å²) in [6.07, 6.45) is 0. The van der Waals surface area contributed by atoms with Gasteiger partial charge in [-0.05, 0) is 18.6 Å². The van der Waals surface area contributed by atoms with Gasteiger partial charge in [0.05, 0.1) is 12.8 Å². The molecule has 3 nitrogen and oxygen atoms in total. The lowest BCUT2D eigenvalue weighted by atomic mass is 10.1. The molecular formula is C10H13NO2. The minimum atomic E-state index is 0.736. The van der Waals surface area contributed by atoms with E-state index in [0.717, 1.165) is 35.9 Å². The van der Waals surface area contributed by atoms with Crippen LogP contribution in [0, 0.1) is 6.92 Å². The Morgan fingerprint density at radius 1 is 1.46 bits per heavy atom. The maximum atomic E-state index is 5.54. The van der Waals surface area contributed by atoms with Gasteiger partial charge in [-0.3, -0.25) is 0 Å². The predicted octanol–water partition coefficient (Wildman–Crippen LogP) is 1.81. The highest BCUT2D eigenvalue weighted by molar-refractivity contribution is 5.64. The van der Waals surface area contributed by atoms with E-state index in [-0.39, 0.29) is 0 Å². The smallest absolute Gasteiger partial charge is 0.145 e. The van der Waals surface area contributed by atoms with Gasteiger partial charge in [-0.2, -0.15) is 0 Å². The Labute approximate surface area is 77.7 Å². The highest BCUT2D eigenvalue weighted by Crippen LogP contribution is 2.34. The molecule has 3 heteroatoms. The number of ether oxygens (including phenoxy) is 2. The molecule has 70 valence electrons. The number of hydrogen-bond donors (Lipinski definition) is 1. The number of nitrogens with one attached hydrogen (secondary N) is 1. The topological polar surface area (TPSA) is 30.5 Å². The molecular weight excluding hydrogens is 166 g/mol. The third kappa shape index (κ3) is 1.41. The van der Waals surface area contributed by atoms with E-state index in [2.05, 4.69) is 5.32 Å². The van der Waals surface area contributed by atoms with Gasteiger partial charge in [0.25, 0.3) is 0 Å². The molecule has 13 heavy (non-hydrogen) atoms. The van der Waals surface area contributed by atoms with Crippen molar-refractivity contribution in [1.29, 1.82) is 0 Å². The van der Waals surface area contributed by atoms with Crippen LogP contribution in [0.3, 0.4) is 0 Å². The van der Waals surface area contributed by atoms with Gasteiger partial charge in [0, 0.05) is 12.6 Å². The SMILES string of the molecule is COc1cc(C)c2c(c1)NCCO2. The van der Waals surface area contributed by atoms with Gasteiger partial charge in [0.15, 0.2) is 0 Å². The summed E-state index contributed by atoms with van der Waals surface area (Å²) in [5, 5.41) is 3.27. The van der Waals surface area contributed by atoms with Crippen LogP contribution in [0.25, 0.3) is 0 Å². The molecule has 0 unspecified atom stereocenters. The minimum absolute atomic E-state index is 0.736. The van der Waals surface area contributed by atoms with E-state index in [4.69, 9.17) is 9.47 Å². The second kappa shape index (κ2) is 3.17. The van der Waals surface area contributed by atoms with Crippen molar-refractivity contribution < 1.29 is 9.47 Å². The first-order valence-electron chi connectivity index (χ1n) is 4.36. The highest BCUT2D eigenvalue weighted by atomic mass is 16.5. The maximum Gasteiger partial charge on any atom is 0.145 e. The lowest BCUT2D eigenvalue weighted by Gasteiger charge is -2.21. The molecule has 0 amide bonds. The molecule has 0 saturated heterocycles. The Hall–Kier alpha value is -1.38. The second-order valence-corrected chi connectivity index (χ2v) is 3.10. The van der Waals surface area contributed by atoms with Gasteiger partial charge in [-0.25, -0.2) is 0 Å². The van der Waals surface area contributed by atoms with Gasteiger partial charge in [0.1, 0.15) is 18.1 Å². The number of benzene rings is 1. The zero-order chi connectivity index (χ0) is 9.26. The Morgan fingerprint density at radius 3 is 3.08 bits per heavy atom. The van der Waals surface area contributed by atoms with Crippen molar-refractivity contribution in [3.63, 3.8) is 0 Å². The van der Waals surface area contributed by atoms with Crippen molar-refractivity contribution in [2.75, 3.05) is 25.6 Å². The summed E-state index contributed by atoms with van der Waals surface area (Å²) in [4.78, 5) is 0. The highest BCUT2D eigenvalue weighted by Gasteiger charge is 2.13. The standard InChI is InChI=1S/C10H13NO2/c1-7-5-8(12-2)6-9-10(7)13-4-3-11-9/h5-6,11H,3-4H2,1-2H3. The molecule has 0 saturated carbocycles. The second-order valence-electron chi connectivity index (χ2n) is 3.10. The van der Waals surface area contributed by atoms with E-state index in [9.17, 15) is 0 Å². The van der Waals surface area contributed by atoms with Crippen LogP contribution >= 0.6 is 0 Å². The lowest BCUT2D eigenvalue weighted by Crippen LogP contribution is -2.18. The average molecular weight is 179 g/mol. The number of rotatable bonds is 1. The van der Waals surface area contributed by atoms with Gasteiger partial charge in [-0.15, -0.1) is 0 Å². The summed E-state index contributed by atoms with van der Waals surface area (Å²) in [6, 6.07) is 3.94. The third-order valence-corrected chi connectivity index (χ3v) is 2.15. The Morgan fingerprint density at radius 2 is 2.31 bits per heavy atom. The number of fused-ring (bicyclic) bond motifs is 1. The van der Waals surface area contributed by atoms with Crippen LogP contribution in [-0.4, -0.2) is 20.3 Å². The molecule has 0 spiro atoms. The van der Waals surface area contributed by atoms with Gasteiger partial charge in [0.2, 0.25) is 0 Å². The molecule has 0 aromatic heterocycles. The predicted molar refractivity (Wildman–Crippen MR) is 51.7 cm³/mol. The zero-order valence-electron chi connectivity index (χ0n) is 7.89. The molecule has 1 aromatic rings. The Bertz CT molecular complexity index is 323. The van der Waals surface area contributed by atoms with Crippen LogP contribution in [0.15, 0.2) is 12.1 Å². The fraction of sp³-hybridized carbons (Fsp3) is 0.400. The van der Waals surface area contributed by atoms with Crippen molar-refractivity contribution in [3.8, 4) is 11.5 Å². The van der Waals surface area contributed by atoms with Crippen LogP contribution in [0.4, 0.5) is 5.69 Å². The zero-order valence-corrected chi connectivity index (χ0v) is 7.89. The Kier molecular flexibility index (Phi) is 2.00. The first-order valence-corrected chi connectivity index (χ1v) is 4.36. The molecule has 1 aliphatic heterocycles. The van der Waals surface area contributed by atoms with Crippen LogP contribution in [0.2, 0.25) is 0 Å². The number of aryl methyl sites for hydroxylation is 1. The molecule has 0 radical (unpaired) electrons. The quantitative estimate of drug-likeness (QED) is 0.713. The van der Waals surface area contributed by atoms with Crippen molar-refractivity contribution in [1.82, 2.24) is 0 Å². The molecule has 0 bridgehead atoms. The van der Waals surface area contributed by atoms with Gasteiger partial charge in [-0.1, -0.05) is 0 Å². The van der Waals surface area contributed by atoms with E-state index in [1.54, 1.807) is 7.11 Å². The fourth-order valence-corrected chi connectivity index (χ4v) is 1.52. The molecule has 1 aromatic carbocycles. The van der Waals surface area contributed by atoms with Crippen molar-refractivity contribution >= 4 is 5.69 Å². The van der Waals surface area contributed by atoms with E-state index in [0.29, 0.717) is 0 Å². The Balaban J connectivity index is 2.47. The molecule has 1 N–H and O–H groups in total. The summed E-state index contributed by atoms with van der Waals surface area (Å²) < 4.78 is 10.7. The summed E-state index contributed by atoms with van der Waals surface area (Å²) in [7, 11) is 1.67. The third-order valence-electron chi connectivity index (χ3n) is 2.15. The van der Waals surface area contributed by atoms with Gasteiger partial charge < -0.3 is 14.8 Å². The monoisotopic (exact) mass is 179 g/mol. The lowest BCUT2D eigenvalue weighted by molar-refractivity contribution is 0.320. The van der Waals surface area contributed by atoms with Crippen LogP contribution in [0.5, 0.6) is 11.5 Å². The first-order chi connectivity index (χ1) is 6.31. The number of hydrogen-bond acceptors (Lipinski definition) is 3. The van der Waals surface area contributed by atoms with Crippen LogP contribution in [-0.2, 0) is 0 Å². The van der Waals surface area contributed by atoms with Gasteiger partial charge >= 0.3 is 0 Å². The molecule has 0 aliphatic carbocycles. The summed E-state index contributed by atoms with van der Waals surface area (Å²) >= 11 is 0. The molecule has 0 atom stereocenters.